The lowest BCUT2D eigenvalue weighted by Gasteiger charge is -2.17. The van der Waals surface area contributed by atoms with Crippen LogP contribution in [0.1, 0.15) is 18.1 Å². The molecular formula is C12H15FN2O. The molecule has 2 rings (SSSR count). The Morgan fingerprint density at radius 2 is 2.31 bits per heavy atom. The Morgan fingerprint density at radius 1 is 1.50 bits per heavy atom. The minimum Gasteiger partial charge on any atom is -0.380 e. The second-order valence-corrected chi connectivity index (χ2v) is 3.77. The molecule has 0 amide bonds. The van der Waals surface area contributed by atoms with Crippen molar-refractivity contribution in [3.05, 3.63) is 35.1 Å². The van der Waals surface area contributed by atoms with E-state index in [2.05, 4.69) is 0 Å². The summed E-state index contributed by atoms with van der Waals surface area (Å²) in [6.07, 6.45) is 0. The van der Waals surface area contributed by atoms with E-state index in [1.807, 2.05) is 11.8 Å². The topological polar surface area (TPSA) is 36.3 Å². The molecule has 0 aromatic heterocycles. The fourth-order valence-corrected chi connectivity index (χ4v) is 1.87. The summed E-state index contributed by atoms with van der Waals surface area (Å²) >= 11 is 0. The highest BCUT2D eigenvalue weighted by molar-refractivity contribution is 6.00. The van der Waals surface area contributed by atoms with Gasteiger partial charge in [-0.25, -0.2) is 4.39 Å². The SMILES string of the molecule is CCOCCN1Cc2ccc(F)cc2C1=N. The van der Waals surface area contributed by atoms with Gasteiger partial charge in [0.15, 0.2) is 0 Å². The number of benzene rings is 1. The molecule has 0 radical (unpaired) electrons. The molecule has 16 heavy (non-hydrogen) atoms. The van der Waals surface area contributed by atoms with Crippen LogP contribution in [0.15, 0.2) is 18.2 Å². The fourth-order valence-electron chi connectivity index (χ4n) is 1.87. The van der Waals surface area contributed by atoms with E-state index in [4.69, 9.17) is 10.1 Å². The van der Waals surface area contributed by atoms with Crippen molar-refractivity contribution in [1.82, 2.24) is 4.90 Å². The van der Waals surface area contributed by atoms with E-state index in [0.717, 1.165) is 5.56 Å². The molecule has 1 N–H and O–H groups in total. The highest BCUT2D eigenvalue weighted by Gasteiger charge is 2.23. The number of fused-ring (bicyclic) bond motifs is 1. The lowest BCUT2D eigenvalue weighted by Crippen LogP contribution is -2.27. The molecule has 1 aromatic rings. The van der Waals surface area contributed by atoms with Gasteiger partial charge in [-0.2, -0.15) is 0 Å². The molecule has 3 nitrogen and oxygen atoms in total. The van der Waals surface area contributed by atoms with Crippen LogP contribution in [0, 0.1) is 11.2 Å². The summed E-state index contributed by atoms with van der Waals surface area (Å²) in [4.78, 5) is 1.90. The minimum atomic E-state index is -0.282. The van der Waals surface area contributed by atoms with Gasteiger partial charge in [0.1, 0.15) is 11.7 Å². The summed E-state index contributed by atoms with van der Waals surface area (Å²) in [7, 11) is 0. The Labute approximate surface area is 94.3 Å². The number of halogens is 1. The van der Waals surface area contributed by atoms with Gasteiger partial charge in [-0.3, -0.25) is 5.41 Å². The van der Waals surface area contributed by atoms with Crippen molar-refractivity contribution in [2.24, 2.45) is 0 Å². The van der Waals surface area contributed by atoms with Crippen LogP contribution in [0.2, 0.25) is 0 Å². The quantitative estimate of drug-likeness (QED) is 0.791. The van der Waals surface area contributed by atoms with Crippen LogP contribution in [0.4, 0.5) is 4.39 Å². The van der Waals surface area contributed by atoms with Crippen LogP contribution in [0.5, 0.6) is 0 Å². The Bertz CT molecular complexity index is 406. The smallest absolute Gasteiger partial charge is 0.128 e. The van der Waals surface area contributed by atoms with Crippen molar-refractivity contribution in [2.75, 3.05) is 19.8 Å². The van der Waals surface area contributed by atoms with Gasteiger partial charge in [0, 0.05) is 25.3 Å². The van der Waals surface area contributed by atoms with Crippen LogP contribution in [-0.2, 0) is 11.3 Å². The standard InChI is InChI=1S/C12H15FN2O/c1-2-16-6-5-15-8-9-3-4-10(13)7-11(9)12(15)14/h3-4,7,14H,2,5-6,8H2,1H3. The Kier molecular flexibility index (Phi) is 3.19. The first-order chi connectivity index (χ1) is 7.72. The highest BCUT2D eigenvalue weighted by Crippen LogP contribution is 2.22. The molecule has 0 spiro atoms. The van der Waals surface area contributed by atoms with E-state index < -0.39 is 0 Å². The molecule has 1 aromatic carbocycles. The van der Waals surface area contributed by atoms with Crippen molar-refractivity contribution in [1.29, 1.82) is 5.41 Å². The van der Waals surface area contributed by atoms with Gasteiger partial charge in [0.25, 0.3) is 0 Å². The molecule has 0 unspecified atom stereocenters. The zero-order valence-corrected chi connectivity index (χ0v) is 9.29. The minimum absolute atomic E-state index is 0.282. The highest BCUT2D eigenvalue weighted by atomic mass is 19.1. The molecule has 0 saturated carbocycles. The second kappa shape index (κ2) is 4.61. The van der Waals surface area contributed by atoms with Crippen LogP contribution in [0.25, 0.3) is 0 Å². The maximum Gasteiger partial charge on any atom is 0.128 e. The molecule has 0 aliphatic carbocycles. The molecule has 0 atom stereocenters. The molecular weight excluding hydrogens is 207 g/mol. The van der Waals surface area contributed by atoms with E-state index in [1.54, 1.807) is 6.07 Å². The maximum atomic E-state index is 13.0. The molecule has 0 fully saturated rings. The van der Waals surface area contributed by atoms with Gasteiger partial charge >= 0.3 is 0 Å². The monoisotopic (exact) mass is 222 g/mol. The largest absolute Gasteiger partial charge is 0.380 e. The average molecular weight is 222 g/mol. The molecule has 1 aliphatic heterocycles. The zero-order chi connectivity index (χ0) is 11.5. The molecule has 4 heteroatoms. The van der Waals surface area contributed by atoms with Gasteiger partial charge in [0.2, 0.25) is 0 Å². The van der Waals surface area contributed by atoms with E-state index in [-0.39, 0.29) is 5.82 Å². The zero-order valence-electron chi connectivity index (χ0n) is 9.29. The summed E-state index contributed by atoms with van der Waals surface area (Å²) < 4.78 is 18.3. The lowest BCUT2D eigenvalue weighted by molar-refractivity contribution is 0.132. The summed E-state index contributed by atoms with van der Waals surface area (Å²) in [6, 6.07) is 4.62. The number of ether oxygens (including phenoxy) is 1. The molecule has 0 saturated heterocycles. The first-order valence-corrected chi connectivity index (χ1v) is 5.42. The third-order valence-electron chi connectivity index (χ3n) is 2.71. The number of amidine groups is 1. The van der Waals surface area contributed by atoms with Gasteiger partial charge in [0.05, 0.1) is 6.61 Å². The van der Waals surface area contributed by atoms with Crippen LogP contribution >= 0.6 is 0 Å². The summed E-state index contributed by atoms with van der Waals surface area (Å²) in [5.41, 5.74) is 1.72. The predicted molar refractivity (Wildman–Crippen MR) is 60.1 cm³/mol. The number of nitrogens with zero attached hydrogens (tertiary/aromatic N) is 1. The third-order valence-corrected chi connectivity index (χ3v) is 2.71. The summed E-state index contributed by atoms with van der Waals surface area (Å²) in [6.45, 7) is 4.60. The number of hydrogen-bond acceptors (Lipinski definition) is 2. The third kappa shape index (κ3) is 2.07. The Hall–Kier alpha value is -1.42. The van der Waals surface area contributed by atoms with Crippen molar-refractivity contribution in [2.45, 2.75) is 13.5 Å². The maximum absolute atomic E-state index is 13.0. The number of rotatable bonds is 4. The first kappa shape index (κ1) is 11.1. The van der Waals surface area contributed by atoms with Gasteiger partial charge in [-0.1, -0.05) is 6.07 Å². The van der Waals surface area contributed by atoms with E-state index >= 15 is 0 Å². The van der Waals surface area contributed by atoms with Crippen molar-refractivity contribution < 1.29 is 9.13 Å². The average Bonchev–Trinajstić information content (AvgIpc) is 2.57. The molecule has 0 bridgehead atoms. The van der Waals surface area contributed by atoms with Crippen LogP contribution in [-0.4, -0.2) is 30.5 Å². The first-order valence-electron chi connectivity index (χ1n) is 5.42. The van der Waals surface area contributed by atoms with Gasteiger partial charge in [-0.05, 0) is 24.6 Å². The van der Waals surface area contributed by atoms with Gasteiger partial charge in [-0.15, -0.1) is 0 Å². The predicted octanol–water partition coefficient (Wildman–Crippen LogP) is 2.00. The van der Waals surface area contributed by atoms with Crippen molar-refractivity contribution in [3.63, 3.8) is 0 Å². The van der Waals surface area contributed by atoms with Crippen LogP contribution in [0.3, 0.4) is 0 Å². The summed E-state index contributed by atoms with van der Waals surface area (Å²) in [5.74, 6) is 0.115. The van der Waals surface area contributed by atoms with E-state index in [9.17, 15) is 4.39 Å². The number of nitrogens with one attached hydrogen (secondary N) is 1. The number of hydrogen-bond donors (Lipinski definition) is 1. The van der Waals surface area contributed by atoms with E-state index in [1.165, 1.54) is 12.1 Å². The van der Waals surface area contributed by atoms with E-state index in [0.29, 0.717) is 37.7 Å². The molecule has 86 valence electrons. The molecule has 1 aliphatic rings. The normalized spacial score (nSPS) is 14.4. The summed E-state index contributed by atoms with van der Waals surface area (Å²) in [5, 5.41) is 7.92. The second-order valence-electron chi connectivity index (χ2n) is 3.77. The van der Waals surface area contributed by atoms with Gasteiger partial charge < -0.3 is 9.64 Å². The Balaban J connectivity index is 2.06. The Morgan fingerprint density at radius 3 is 3.06 bits per heavy atom. The lowest BCUT2D eigenvalue weighted by atomic mass is 10.1. The fraction of sp³-hybridized carbons (Fsp3) is 0.417. The molecule has 1 heterocycles. The van der Waals surface area contributed by atoms with Crippen molar-refractivity contribution >= 4 is 5.84 Å². The van der Waals surface area contributed by atoms with Crippen molar-refractivity contribution in [3.8, 4) is 0 Å². The van der Waals surface area contributed by atoms with Crippen LogP contribution < -0.4 is 0 Å².